The van der Waals surface area contributed by atoms with Crippen LogP contribution < -0.4 is 0 Å². The van der Waals surface area contributed by atoms with Gasteiger partial charge in [-0.25, -0.2) is 0 Å². The van der Waals surface area contributed by atoms with Crippen LogP contribution in [0.25, 0.3) is 0 Å². The molecule has 1 unspecified atom stereocenters. The predicted octanol–water partition coefficient (Wildman–Crippen LogP) is 3.55. The van der Waals surface area contributed by atoms with Crippen LogP contribution in [0.15, 0.2) is 0 Å². The Bertz CT molecular complexity index is 99.5. The number of hydrogen-bond donors (Lipinski definition) is 0. The van der Waals surface area contributed by atoms with Crippen LogP contribution in [-0.2, 0) is 0 Å². The number of alkyl halides is 3. The second-order valence-corrected chi connectivity index (χ2v) is 4.15. The second kappa shape index (κ2) is 5.50. The van der Waals surface area contributed by atoms with E-state index in [1.165, 1.54) is 0 Å². The van der Waals surface area contributed by atoms with Gasteiger partial charge in [-0.1, -0.05) is 6.92 Å². The van der Waals surface area contributed by atoms with Crippen LogP contribution >= 0.6 is 34.8 Å². The summed E-state index contributed by atoms with van der Waals surface area (Å²) in [6.45, 7) is 5.94. The first-order chi connectivity index (χ1) is 5.08. The van der Waals surface area contributed by atoms with Crippen LogP contribution in [0.2, 0.25) is 0 Å². The van der Waals surface area contributed by atoms with Crippen molar-refractivity contribution in [3.8, 4) is 0 Å². The van der Waals surface area contributed by atoms with Crippen molar-refractivity contribution in [3.05, 3.63) is 6.92 Å². The summed E-state index contributed by atoms with van der Waals surface area (Å²) in [4.78, 5) is 0. The molecule has 0 fully saturated rings. The maximum absolute atomic E-state index is 5.75. The van der Waals surface area contributed by atoms with Gasteiger partial charge in [0.05, 0.1) is 0 Å². The van der Waals surface area contributed by atoms with Crippen LogP contribution in [-0.4, -0.2) is 17.6 Å². The zero-order valence-corrected chi connectivity index (χ0v) is 9.01. The third-order valence-electron chi connectivity index (χ3n) is 1.64. The summed E-state index contributed by atoms with van der Waals surface area (Å²) in [7, 11) is 0. The smallest absolute Gasteiger partial charge is 0.0288 e. The topological polar surface area (TPSA) is 0 Å². The third-order valence-corrected chi connectivity index (χ3v) is 3.37. The minimum absolute atomic E-state index is 0.00951. The SMILES string of the molecule is [CH2]C(CCl)CC(C)(CCl)CCl. The van der Waals surface area contributed by atoms with E-state index in [1.54, 1.807) is 0 Å². The highest BCUT2D eigenvalue weighted by Gasteiger charge is 2.24. The number of halogens is 3. The quantitative estimate of drug-likeness (QED) is 0.617. The average molecular weight is 217 g/mol. The van der Waals surface area contributed by atoms with Gasteiger partial charge in [-0.15, -0.1) is 34.8 Å². The van der Waals surface area contributed by atoms with E-state index in [4.69, 9.17) is 34.8 Å². The molecule has 0 spiro atoms. The summed E-state index contributed by atoms with van der Waals surface area (Å²) in [6.07, 6.45) is 0.892. The lowest BCUT2D eigenvalue weighted by Gasteiger charge is -2.26. The number of rotatable bonds is 5. The monoisotopic (exact) mass is 215 g/mol. The molecule has 0 aromatic rings. The van der Waals surface area contributed by atoms with Gasteiger partial charge in [0.2, 0.25) is 0 Å². The van der Waals surface area contributed by atoms with Gasteiger partial charge in [0.25, 0.3) is 0 Å². The number of hydrogen-bond acceptors (Lipinski definition) is 0. The molecule has 0 saturated carbocycles. The van der Waals surface area contributed by atoms with E-state index in [0.717, 1.165) is 6.42 Å². The Hall–Kier alpha value is 0.870. The van der Waals surface area contributed by atoms with E-state index in [-0.39, 0.29) is 11.3 Å². The molecule has 0 saturated heterocycles. The van der Waals surface area contributed by atoms with Gasteiger partial charge in [-0.3, -0.25) is 0 Å². The standard InChI is InChI=1S/C8H14Cl3/c1-7(4-9)3-8(2,5-10)6-11/h7H,1,3-6H2,2H3. The van der Waals surface area contributed by atoms with E-state index in [2.05, 4.69) is 13.8 Å². The Kier molecular flexibility index (Phi) is 5.94. The van der Waals surface area contributed by atoms with Gasteiger partial charge >= 0.3 is 0 Å². The van der Waals surface area contributed by atoms with E-state index < -0.39 is 0 Å². The summed E-state index contributed by atoms with van der Waals surface area (Å²) in [5, 5.41) is 0. The molecule has 0 aliphatic heterocycles. The van der Waals surface area contributed by atoms with Crippen molar-refractivity contribution in [2.75, 3.05) is 17.6 Å². The molecular weight excluding hydrogens is 202 g/mol. The Morgan fingerprint density at radius 2 is 1.73 bits per heavy atom. The van der Waals surface area contributed by atoms with E-state index in [1.807, 2.05) is 0 Å². The van der Waals surface area contributed by atoms with Crippen LogP contribution in [0.3, 0.4) is 0 Å². The van der Waals surface area contributed by atoms with E-state index in [0.29, 0.717) is 17.6 Å². The average Bonchev–Trinajstić information content (AvgIpc) is 2.04. The lowest BCUT2D eigenvalue weighted by atomic mass is 9.86. The highest BCUT2D eigenvalue weighted by atomic mass is 35.5. The first-order valence-electron chi connectivity index (χ1n) is 3.59. The van der Waals surface area contributed by atoms with Gasteiger partial charge in [0.15, 0.2) is 0 Å². The summed E-state index contributed by atoms with van der Waals surface area (Å²) >= 11 is 17.1. The maximum atomic E-state index is 5.75. The van der Waals surface area contributed by atoms with Crippen LogP contribution in [0.4, 0.5) is 0 Å². The van der Waals surface area contributed by atoms with Gasteiger partial charge in [0, 0.05) is 17.6 Å². The summed E-state index contributed by atoms with van der Waals surface area (Å²) in [5.74, 6) is 1.96. The van der Waals surface area contributed by atoms with E-state index in [9.17, 15) is 0 Å². The summed E-state index contributed by atoms with van der Waals surface area (Å²) in [5.41, 5.74) is -0.00951. The van der Waals surface area contributed by atoms with Crippen LogP contribution in [0, 0.1) is 18.3 Å². The van der Waals surface area contributed by atoms with Crippen molar-refractivity contribution >= 4 is 34.8 Å². The molecule has 0 aromatic carbocycles. The molecule has 1 atom stereocenters. The summed E-state index contributed by atoms with van der Waals surface area (Å²) in [6, 6.07) is 0. The normalized spacial score (nSPS) is 15.0. The molecule has 0 N–H and O–H groups in total. The second-order valence-electron chi connectivity index (χ2n) is 3.30. The fourth-order valence-electron chi connectivity index (χ4n) is 0.896. The fraction of sp³-hybridized carbons (Fsp3) is 0.875. The molecule has 0 nitrogen and oxygen atoms in total. The van der Waals surface area contributed by atoms with E-state index >= 15 is 0 Å². The molecule has 0 bridgehead atoms. The van der Waals surface area contributed by atoms with Crippen molar-refractivity contribution < 1.29 is 0 Å². The predicted molar refractivity (Wildman–Crippen MR) is 53.7 cm³/mol. The molecule has 3 heteroatoms. The van der Waals surface area contributed by atoms with Crippen molar-refractivity contribution in [1.29, 1.82) is 0 Å². The Morgan fingerprint density at radius 3 is 2.00 bits per heavy atom. The molecule has 11 heavy (non-hydrogen) atoms. The van der Waals surface area contributed by atoms with Crippen molar-refractivity contribution in [2.45, 2.75) is 13.3 Å². The molecule has 0 aliphatic carbocycles. The molecule has 0 rings (SSSR count). The van der Waals surface area contributed by atoms with Crippen LogP contribution in [0.5, 0.6) is 0 Å². The maximum Gasteiger partial charge on any atom is 0.0288 e. The molecule has 0 amide bonds. The zero-order chi connectivity index (χ0) is 8.91. The Balaban J connectivity index is 3.86. The van der Waals surface area contributed by atoms with Crippen molar-refractivity contribution in [1.82, 2.24) is 0 Å². The first-order valence-corrected chi connectivity index (χ1v) is 5.19. The van der Waals surface area contributed by atoms with Gasteiger partial charge in [-0.2, -0.15) is 0 Å². The van der Waals surface area contributed by atoms with Gasteiger partial charge in [-0.05, 0) is 24.7 Å². The molecule has 0 aromatic heterocycles. The minimum atomic E-state index is -0.00951. The Morgan fingerprint density at radius 1 is 1.27 bits per heavy atom. The molecular formula is C8H14Cl3. The van der Waals surface area contributed by atoms with Crippen molar-refractivity contribution in [2.24, 2.45) is 11.3 Å². The van der Waals surface area contributed by atoms with Crippen molar-refractivity contribution in [3.63, 3.8) is 0 Å². The largest absolute Gasteiger partial charge is 0.126 e. The highest BCUT2D eigenvalue weighted by molar-refractivity contribution is 6.21. The Labute approximate surface area is 84.2 Å². The van der Waals surface area contributed by atoms with Gasteiger partial charge in [0.1, 0.15) is 0 Å². The molecule has 0 aliphatic rings. The lowest BCUT2D eigenvalue weighted by molar-refractivity contribution is 0.348. The fourth-order valence-corrected chi connectivity index (χ4v) is 1.51. The lowest BCUT2D eigenvalue weighted by Crippen LogP contribution is -2.24. The zero-order valence-electron chi connectivity index (χ0n) is 6.75. The molecule has 0 heterocycles. The third kappa shape index (κ3) is 4.45. The van der Waals surface area contributed by atoms with Gasteiger partial charge < -0.3 is 0 Å². The highest BCUT2D eigenvalue weighted by Crippen LogP contribution is 2.29. The first kappa shape index (κ1) is 11.9. The minimum Gasteiger partial charge on any atom is -0.126 e. The molecule has 67 valence electrons. The van der Waals surface area contributed by atoms with Crippen LogP contribution in [0.1, 0.15) is 13.3 Å². The summed E-state index contributed by atoms with van der Waals surface area (Å²) < 4.78 is 0. The molecule has 1 radical (unpaired) electrons.